The van der Waals surface area contributed by atoms with Gasteiger partial charge in [0.05, 0.1) is 18.0 Å². The number of fused-ring (bicyclic) bond motifs is 1. The summed E-state index contributed by atoms with van der Waals surface area (Å²) in [6, 6.07) is 1.72. The summed E-state index contributed by atoms with van der Waals surface area (Å²) in [5.41, 5.74) is 2.17. The summed E-state index contributed by atoms with van der Waals surface area (Å²) in [6.07, 6.45) is 4.02. The van der Waals surface area contributed by atoms with Gasteiger partial charge in [0.1, 0.15) is 11.2 Å². The van der Waals surface area contributed by atoms with Crippen LogP contribution in [0.15, 0.2) is 18.6 Å². The molecule has 2 heterocycles. The molecule has 0 aromatic carbocycles. The van der Waals surface area contributed by atoms with Gasteiger partial charge in [0.25, 0.3) is 0 Å². The van der Waals surface area contributed by atoms with Crippen LogP contribution in [0, 0.1) is 0 Å². The first-order chi connectivity index (χ1) is 5.81. The van der Waals surface area contributed by atoms with Crippen molar-refractivity contribution in [3.8, 4) is 0 Å². The van der Waals surface area contributed by atoms with Crippen molar-refractivity contribution in [1.29, 1.82) is 0 Å². The van der Waals surface area contributed by atoms with Gasteiger partial charge < -0.3 is 4.57 Å². The molecule has 0 amide bonds. The minimum Gasteiger partial charge on any atom is -0.334 e. The van der Waals surface area contributed by atoms with Crippen LogP contribution in [0.3, 0.4) is 0 Å². The molecule has 2 aromatic rings. The summed E-state index contributed by atoms with van der Waals surface area (Å²) in [5.74, 6) is 0. The molecule has 2 rings (SSSR count). The molecular formula is C8H7N3O. The van der Waals surface area contributed by atoms with Crippen LogP contribution in [0.5, 0.6) is 0 Å². The predicted octanol–water partition coefficient (Wildman–Crippen LogP) is 0.781. The Labute approximate surface area is 68.9 Å². The van der Waals surface area contributed by atoms with Crippen molar-refractivity contribution in [2.75, 3.05) is 0 Å². The van der Waals surface area contributed by atoms with E-state index in [1.54, 1.807) is 18.6 Å². The molecule has 2 aromatic heterocycles. The van der Waals surface area contributed by atoms with Crippen molar-refractivity contribution in [3.63, 3.8) is 0 Å². The highest BCUT2D eigenvalue weighted by molar-refractivity contribution is 5.82. The molecule has 4 nitrogen and oxygen atoms in total. The maximum Gasteiger partial charge on any atom is 0.168 e. The van der Waals surface area contributed by atoms with E-state index in [1.165, 1.54) is 0 Å². The molecule has 0 spiro atoms. The van der Waals surface area contributed by atoms with E-state index in [2.05, 4.69) is 9.97 Å². The topological polar surface area (TPSA) is 47.8 Å². The summed E-state index contributed by atoms with van der Waals surface area (Å²) in [6.45, 7) is 0. The summed E-state index contributed by atoms with van der Waals surface area (Å²) in [7, 11) is 1.88. The summed E-state index contributed by atoms with van der Waals surface area (Å²) >= 11 is 0. The molecular weight excluding hydrogens is 154 g/mol. The molecule has 0 fully saturated rings. The quantitative estimate of drug-likeness (QED) is 0.580. The highest BCUT2D eigenvalue weighted by atomic mass is 16.1. The Morgan fingerprint density at radius 1 is 1.50 bits per heavy atom. The predicted molar refractivity (Wildman–Crippen MR) is 43.9 cm³/mol. The van der Waals surface area contributed by atoms with E-state index in [-0.39, 0.29) is 0 Å². The van der Waals surface area contributed by atoms with Crippen molar-refractivity contribution < 1.29 is 4.79 Å². The molecule has 0 bridgehead atoms. The van der Waals surface area contributed by atoms with Gasteiger partial charge in [-0.3, -0.25) is 9.78 Å². The van der Waals surface area contributed by atoms with Gasteiger partial charge in [-0.2, -0.15) is 0 Å². The third-order valence-corrected chi connectivity index (χ3v) is 1.75. The van der Waals surface area contributed by atoms with Crippen LogP contribution in [0.4, 0.5) is 0 Å². The van der Waals surface area contributed by atoms with Crippen LogP contribution in [-0.2, 0) is 7.05 Å². The Hall–Kier alpha value is -1.71. The second-order valence-corrected chi connectivity index (χ2v) is 2.57. The van der Waals surface area contributed by atoms with Crippen molar-refractivity contribution in [3.05, 3.63) is 24.3 Å². The number of carbonyl (C=O) groups excluding carboxylic acids is 1. The summed E-state index contributed by atoms with van der Waals surface area (Å²) in [4.78, 5) is 18.4. The third-order valence-electron chi connectivity index (χ3n) is 1.75. The van der Waals surface area contributed by atoms with Crippen LogP contribution >= 0.6 is 0 Å². The lowest BCUT2D eigenvalue weighted by atomic mass is 10.3. The number of rotatable bonds is 1. The van der Waals surface area contributed by atoms with E-state index in [0.29, 0.717) is 5.69 Å². The van der Waals surface area contributed by atoms with E-state index in [9.17, 15) is 4.79 Å². The van der Waals surface area contributed by atoms with Crippen LogP contribution in [0.25, 0.3) is 11.0 Å². The molecule has 0 atom stereocenters. The zero-order valence-electron chi connectivity index (χ0n) is 6.56. The first-order valence-corrected chi connectivity index (χ1v) is 3.53. The molecule has 0 aliphatic heterocycles. The number of imidazole rings is 1. The monoisotopic (exact) mass is 161 g/mol. The van der Waals surface area contributed by atoms with E-state index < -0.39 is 0 Å². The number of nitrogens with zero attached hydrogens (tertiary/aromatic N) is 3. The van der Waals surface area contributed by atoms with Gasteiger partial charge in [0.2, 0.25) is 0 Å². The molecule has 0 radical (unpaired) electrons. The smallest absolute Gasteiger partial charge is 0.168 e. The fourth-order valence-corrected chi connectivity index (χ4v) is 1.11. The Morgan fingerprint density at radius 3 is 3.08 bits per heavy atom. The number of aryl methyl sites for hydroxylation is 1. The Balaban J connectivity index is 2.79. The van der Waals surface area contributed by atoms with E-state index in [1.807, 2.05) is 11.6 Å². The van der Waals surface area contributed by atoms with Crippen molar-refractivity contribution >= 4 is 17.3 Å². The molecule has 0 saturated carbocycles. The molecule has 0 aliphatic carbocycles. The number of hydrogen-bond acceptors (Lipinski definition) is 3. The van der Waals surface area contributed by atoms with Gasteiger partial charge in [0.15, 0.2) is 6.29 Å². The first kappa shape index (κ1) is 6.97. The minimum atomic E-state index is 0.436. The normalized spacial score (nSPS) is 10.4. The van der Waals surface area contributed by atoms with Crippen molar-refractivity contribution in [2.45, 2.75) is 0 Å². The highest BCUT2D eigenvalue weighted by Gasteiger charge is 2.00. The van der Waals surface area contributed by atoms with Gasteiger partial charge in [-0.25, -0.2) is 4.98 Å². The van der Waals surface area contributed by atoms with Gasteiger partial charge in [0, 0.05) is 7.05 Å². The number of aromatic nitrogens is 3. The zero-order valence-corrected chi connectivity index (χ0v) is 6.56. The number of hydrogen-bond donors (Lipinski definition) is 0. The van der Waals surface area contributed by atoms with Crippen LogP contribution in [0.1, 0.15) is 10.5 Å². The number of pyridine rings is 1. The minimum absolute atomic E-state index is 0.436. The third kappa shape index (κ3) is 0.887. The molecule has 0 N–H and O–H groups in total. The van der Waals surface area contributed by atoms with E-state index >= 15 is 0 Å². The maximum absolute atomic E-state index is 10.4. The van der Waals surface area contributed by atoms with Gasteiger partial charge >= 0.3 is 0 Å². The molecule has 12 heavy (non-hydrogen) atoms. The Morgan fingerprint density at radius 2 is 2.33 bits per heavy atom. The van der Waals surface area contributed by atoms with Crippen molar-refractivity contribution in [2.24, 2.45) is 7.05 Å². The van der Waals surface area contributed by atoms with Gasteiger partial charge in [-0.05, 0) is 6.07 Å². The largest absolute Gasteiger partial charge is 0.334 e. The molecule has 0 saturated heterocycles. The zero-order chi connectivity index (χ0) is 8.55. The fraction of sp³-hybridized carbons (Fsp3) is 0.125. The van der Waals surface area contributed by atoms with Crippen molar-refractivity contribution in [1.82, 2.24) is 14.5 Å². The number of aldehydes is 1. The molecule has 60 valence electrons. The SMILES string of the molecule is Cn1cnc2cnc(C=O)cc21. The second kappa shape index (κ2) is 2.41. The lowest BCUT2D eigenvalue weighted by Gasteiger charge is -1.93. The van der Waals surface area contributed by atoms with Gasteiger partial charge in [-0.15, -0.1) is 0 Å². The highest BCUT2D eigenvalue weighted by Crippen LogP contribution is 2.09. The second-order valence-electron chi connectivity index (χ2n) is 2.57. The average Bonchev–Trinajstić information content (AvgIpc) is 2.47. The number of carbonyl (C=O) groups is 1. The first-order valence-electron chi connectivity index (χ1n) is 3.53. The maximum atomic E-state index is 10.4. The fourth-order valence-electron chi connectivity index (χ4n) is 1.11. The van der Waals surface area contributed by atoms with E-state index in [0.717, 1.165) is 17.3 Å². The average molecular weight is 161 g/mol. The molecule has 4 heteroatoms. The lowest BCUT2D eigenvalue weighted by Crippen LogP contribution is -1.88. The molecule has 0 aliphatic rings. The summed E-state index contributed by atoms with van der Waals surface area (Å²) < 4.78 is 1.85. The Bertz CT molecular complexity index is 433. The van der Waals surface area contributed by atoms with Gasteiger partial charge in [-0.1, -0.05) is 0 Å². The standard InChI is InChI=1S/C8H7N3O/c1-11-5-10-7-3-9-6(4-12)2-8(7)11/h2-5H,1H3. The summed E-state index contributed by atoms with van der Waals surface area (Å²) in [5, 5.41) is 0. The molecule has 0 unspecified atom stereocenters. The lowest BCUT2D eigenvalue weighted by molar-refractivity contribution is 0.111. The Kier molecular flexibility index (Phi) is 1.40. The van der Waals surface area contributed by atoms with Crippen LogP contribution in [0.2, 0.25) is 0 Å². The van der Waals surface area contributed by atoms with E-state index in [4.69, 9.17) is 0 Å². The van der Waals surface area contributed by atoms with Crippen LogP contribution < -0.4 is 0 Å². The van der Waals surface area contributed by atoms with Crippen LogP contribution in [-0.4, -0.2) is 20.8 Å².